The van der Waals surface area contributed by atoms with Crippen molar-refractivity contribution < 1.29 is 23.1 Å². The largest absolute Gasteiger partial charge is 0.480 e. The maximum absolute atomic E-state index is 11.7. The highest BCUT2D eigenvalue weighted by Gasteiger charge is 2.21. The van der Waals surface area contributed by atoms with Gasteiger partial charge >= 0.3 is 5.97 Å². The third-order valence-corrected chi connectivity index (χ3v) is 3.91. The number of benzene rings is 1. The van der Waals surface area contributed by atoms with Gasteiger partial charge in [0.2, 0.25) is 0 Å². The van der Waals surface area contributed by atoms with Crippen LogP contribution in [0.1, 0.15) is 21.5 Å². The van der Waals surface area contributed by atoms with E-state index in [-0.39, 0.29) is 5.56 Å². The number of sulfone groups is 1. The molecule has 0 aromatic heterocycles. The van der Waals surface area contributed by atoms with Crippen molar-refractivity contribution >= 4 is 21.6 Å². The lowest BCUT2D eigenvalue weighted by atomic mass is 10.0. The summed E-state index contributed by atoms with van der Waals surface area (Å²) in [5, 5.41) is 8.42. The van der Waals surface area contributed by atoms with Crippen LogP contribution in [0.25, 0.3) is 0 Å². The molecule has 0 radical (unpaired) electrons. The number of carbonyl (C=O) groups excluding carboxylic acids is 1. The minimum atomic E-state index is -3.90. The van der Waals surface area contributed by atoms with Gasteiger partial charge in [0.1, 0.15) is 11.5 Å². The van der Waals surface area contributed by atoms with Gasteiger partial charge < -0.3 is 5.11 Å². The Morgan fingerprint density at radius 1 is 1.11 bits per heavy atom. The Hall–Kier alpha value is -1.69. The lowest BCUT2D eigenvalue weighted by molar-refractivity contribution is -0.134. The van der Waals surface area contributed by atoms with E-state index in [1.807, 2.05) is 13.8 Å². The second kappa shape index (κ2) is 5.30. The number of aliphatic carboxylic acids is 1. The molecular formula is C12H14O5S. The van der Waals surface area contributed by atoms with Crippen LogP contribution in [0.5, 0.6) is 0 Å². The molecule has 0 atom stereocenters. The van der Waals surface area contributed by atoms with Gasteiger partial charge in [0.15, 0.2) is 15.6 Å². The Balaban J connectivity index is 2.89. The molecule has 1 aromatic carbocycles. The summed E-state index contributed by atoms with van der Waals surface area (Å²) in [6.45, 7) is 3.70. The third kappa shape index (κ3) is 3.96. The molecule has 0 saturated carbocycles. The van der Waals surface area contributed by atoms with Gasteiger partial charge in [-0.2, -0.15) is 0 Å². The number of Topliss-reactive ketones (excluding diaryl/α,β-unsaturated/α-hetero) is 1. The van der Waals surface area contributed by atoms with Crippen LogP contribution in [0.3, 0.4) is 0 Å². The lowest BCUT2D eigenvalue weighted by Gasteiger charge is -2.04. The molecule has 98 valence electrons. The first-order valence-electron chi connectivity index (χ1n) is 5.24. The van der Waals surface area contributed by atoms with Crippen molar-refractivity contribution in [3.05, 3.63) is 34.9 Å². The average Bonchev–Trinajstić information content (AvgIpc) is 2.19. The summed E-state index contributed by atoms with van der Waals surface area (Å²) < 4.78 is 22.7. The molecule has 0 spiro atoms. The van der Waals surface area contributed by atoms with Crippen LogP contribution in [-0.4, -0.2) is 36.8 Å². The predicted molar refractivity (Wildman–Crippen MR) is 66.5 cm³/mol. The predicted octanol–water partition coefficient (Wildman–Crippen LogP) is 0.986. The van der Waals surface area contributed by atoms with Crippen molar-refractivity contribution in [2.75, 3.05) is 11.5 Å². The van der Waals surface area contributed by atoms with Crippen LogP contribution in [0.4, 0.5) is 0 Å². The Bertz CT molecular complexity index is 586. The molecular weight excluding hydrogens is 256 g/mol. The van der Waals surface area contributed by atoms with Crippen molar-refractivity contribution in [2.24, 2.45) is 0 Å². The van der Waals surface area contributed by atoms with E-state index in [0.29, 0.717) is 0 Å². The molecule has 1 aromatic rings. The highest BCUT2D eigenvalue weighted by molar-refractivity contribution is 7.92. The summed E-state index contributed by atoms with van der Waals surface area (Å²) in [7, 11) is -3.90. The molecule has 5 nitrogen and oxygen atoms in total. The van der Waals surface area contributed by atoms with E-state index >= 15 is 0 Å². The molecule has 0 aliphatic heterocycles. The molecule has 0 heterocycles. The summed E-state index contributed by atoms with van der Waals surface area (Å²) in [6, 6.07) is 4.88. The maximum atomic E-state index is 11.7. The summed E-state index contributed by atoms with van der Waals surface area (Å²) in [6.07, 6.45) is 0. The van der Waals surface area contributed by atoms with Crippen molar-refractivity contribution in [2.45, 2.75) is 13.8 Å². The average molecular weight is 270 g/mol. The van der Waals surface area contributed by atoms with Gasteiger partial charge in [0.05, 0.1) is 0 Å². The van der Waals surface area contributed by atoms with E-state index in [1.54, 1.807) is 18.2 Å². The van der Waals surface area contributed by atoms with Crippen LogP contribution < -0.4 is 0 Å². The number of carboxylic acids is 1. The molecule has 1 rings (SSSR count). The Morgan fingerprint density at radius 3 is 2.22 bits per heavy atom. The van der Waals surface area contributed by atoms with Gasteiger partial charge in [0.25, 0.3) is 0 Å². The minimum Gasteiger partial charge on any atom is -0.480 e. The number of hydrogen-bond donors (Lipinski definition) is 1. The Labute approximate surface area is 105 Å². The molecule has 0 saturated heterocycles. The second-order valence-corrected chi connectivity index (χ2v) is 6.21. The Morgan fingerprint density at radius 2 is 1.72 bits per heavy atom. The number of carboxylic acid groups (broad SMARTS) is 1. The summed E-state index contributed by atoms with van der Waals surface area (Å²) in [4.78, 5) is 22.1. The summed E-state index contributed by atoms with van der Waals surface area (Å²) in [5.41, 5.74) is 2.17. The maximum Gasteiger partial charge on any atom is 0.318 e. The second-order valence-electron chi connectivity index (χ2n) is 4.15. The minimum absolute atomic E-state index is 0.284. The van der Waals surface area contributed by atoms with Crippen LogP contribution >= 0.6 is 0 Å². The monoisotopic (exact) mass is 270 g/mol. The van der Waals surface area contributed by atoms with E-state index in [1.165, 1.54) is 0 Å². The topological polar surface area (TPSA) is 88.5 Å². The first-order valence-corrected chi connectivity index (χ1v) is 7.06. The zero-order valence-electron chi connectivity index (χ0n) is 10.1. The van der Waals surface area contributed by atoms with Gasteiger partial charge in [-0.15, -0.1) is 0 Å². The first-order chi connectivity index (χ1) is 8.21. The first kappa shape index (κ1) is 14.4. The molecule has 0 bridgehead atoms. The SMILES string of the molecule is Cc1ccc(C(=O)CS(=O)(=O)CC(=O)O)cc1C. The standard InChI is InChI=1S/C12H14O5S/c1-8-3-4-10(5-9(8)2)11(13)6-18(16,17)7-12(14)15/h3-5H,6-7H2,1-2H3,(H,14,15). The molecule has 6 heteroatoms. The number of ketones is 1. The van der Waals surface area contributed by atoms with Gasteiger partial charge in [-0.25, -0.2) is 8.42 Å². The zero-order chi connectivity index (χ0) is 13.9. The molecule has 0 amide bonds. The van der Waals surface area contributed by atoms with E-state index in [0.717, 1.165) is 11.1 Å². The normalized spacial score (nSPS) is 11.2. The molecule has 0 unspecified atom stereocenters. The number of hydrogen-bond acceptors (Lipinski definition) is 4. The van der Waals surface area contributed by atoms with Crippen LogP contribution in [-0.2, 0) is 14.6 Å². The van der Waals surface area contributed by atoms with Gasteiger partial charge in [-0.05, 0) is 31.0 Å². The van der Waals surface area contributed by atoms with Crippen LogP contribution in [0.2, 0.25) is 0 Å². The van der Waals surface area contributed by atoms with Gasteiger partial charge in [-0.1, -0.05) is 12.1 Å². The Kier molecular flexibility index (Phi) is 4.24. The summed E-state index contributed by atoms with van der Waals surface area (Å²) in [5.74, 6) is -3.84. The van der Waals surface area contributed by atoms with E-state index in [9.17, 15) is 18.0 Å². The highest BCUT2D eigenvalue weighted by Crippen LogP contribution is 2.11. The lowest BCUT2D eigenvalue weighted by Crippen LogP contribution is -2.23. The molecule has 0 aliphatic carbocycles. The quantitative estimate of drug-likeness (QED) is 0.806. The van der Waals surface area contributed by atoms with Gasteiger partial charge in [-0.3, -0.25) is 9.59 Å². The zero-order valence-corrected chi connectivity index (χ0v) is 11.0. The van der Waals surface area contributed by atoms with Crippen LogP contribution in [0, 0.1) is 13.8 Å². The molecule has 1 N–H and O–H groups in total. The van der Waals surface area contributed by atoms with E-state index in [4.69, 9.17) is 5.11 Å². The fraction of sp³-hybridized carbons (Fsp3) is 0.333. The molecule has 0 fully saturated rings. The smallest absolute Gasteiger partial charge is 0.318 e. The van der Waals surface area contributed by atoms with Crippen molar-refractivity contribution in [3.8, 4) is 0 Å². The van der Waals surface area contributed by atoms with Crippen LogP contribution in [0.15, 0.2) is 18.2 Å². The number of carbonyl (C=O) groups is 2. The highest BCUT2D eigenvalue weighted by atomic mass is 32.2. The number of aryl methyl sites for hydroxylation is 2. The fourth-order valence-corrected chi connectivity index (χ4v) is 2.48. The fourth-order valence-electron chi connectivity index (χ4n) is 1.44. The molecule has 0 aliphatic rings. The van der Waals surface area contributed by atoms with Crippen molar-refractivity contribution in [1.29, 1.82) is 0 Å². The summed E-state index contributed by atoms with van der Waals surface area (Å²) >= 11 is 0. The number of rotatable bonds is 5. The van der Waals surface area contributed by atoms with E-state index < -0.39 is 33.1 Å². The van der Waals surface area contributed by atoms with Crippen molar-refractivity contribution in [3.63, 3.8) is 0 Å². The third-order valence-electron chi connectivity index (χ3n) is 2.52. The van der Waals surface area contributed by atoms with Gasteiger partial charge in [0, 0.05) is 5.56 Å². The van der Waals surface area contributed by atoms with Crippen molar-refractivity contribution in [1.82, 2.24) is 0 Å². The van der Waals surface area contributed by atoms with E-state index in [2.05, 4.69) is 0 Å². The molecule has 18 heavy (non-hydrogen) atoms.